The summed E-state index contributed by atoms with van der Waals surface area (Å²) < 4.78 is 13.4. The lowest BCUT2D eigenvalue weighted by Crippen LogP contribution is -2.44. The molecule has 0 radical (unpaired) electrons. The molecular weight excluding hydrogens is 341 g/mol. The van der Waals surface area contributed by atoms with Gasteiger partial charge < -0.3 is 21.1 Å². The molecule has 3 rings (SSSR count). The summed E-state index contributed by atoms with van der Waals surface area (Å²) in [6.07, 6.45) is 1.52. The molecule has 2 aromatic rings. The van der Waals surface area contributed by atoms with Crippen LogP contribution < -0.4 is 16.0 Å². The highest BCUT2D eigenvalue weighted by Gasteiger charge is 2.22. The summed E-state index contributed by atoms with van der Waals surface area (Å²) in [5.41, 5.74) is 6.60. The van der Waals surface area contributed by atoms with Gasteiger partial charge in [0, 0.05) is 42.5 Å². The average Bonchev–Trinajstić information content (AvgIpc) is 2.61. The van der Waals surface area contributed by atoms with Crippen LogP contribution in [0.3, 0.4) is 0 Å². The van der Waals surface area contributed by atoms with Crippen LogP contribution in [-0.4, -0.2) is 46.2 Å². The highest BCUT2D eigenvalue weighted by atomic mass is 19.1. The third kappa shape index (κ3) is 4.05. The SMILES string of the molecule is NC(=O)c1cc(-c2ccnc(F)c2)nc(N2CCC(NC(=O)O)CC2)c1. The van der Waals surface area contributed by atoms with Crippen LogP contribution in [0.4, 0.5) is 15.0 Å². The fourth-order valence-corrected chi connectivity index (χ4v) is 2.96. The number of hydrogen-bond acceptors (Lipinski definition) is 5. The second-order valence-corrected chi connectivity index (χ2v) is 6.04. The quantitative estimate of drug-likeness (QED) is 0.713. The van der Waals surface area contributed by atoms with Gasteiger partial charge in [-0.25, -0.2) is 14.8 Å². The van der Waals surface area contributed by atoms with E-state index in [4.69, 9.17) is 10.8 Å². The van der Waals surface area contributed by atoms with Gasteiger partial charge in [0.25, 0.3) is 0 Å². The fourth-order valence-electron chi connectivity index (χ4n) is 2.96. The predicted octanol–water partition coefficient (Wildman–Crippen LogP) is 1.62. The van der Waals surface area contributed by atoms with Gasteiger partial charge >= 0.3 is 6.09 Å². The van der Waals surface area contributed by atoms with Gasteiger partial charge in [-0.05, 0) is 31.0 Å². The Morgan fingerprint density at radius 1 is 1.27 bits per heavy atom. The summed E-state index contributed by atoms with van der Waals surface area (Å²) in [4.78, 5) is 32.4. The number of piperidine rings is 1. The van der Waals surface area contributed by atoms with E-state index in [1.54, 1.807) is 12.1 Å². The molecule has 0 saturated carbocycles. The Kier molecular flexibility index (Phi) is 4.97. The highest BCUT2D eigenvalue weighted by molar-refractivity contribution is 5.94. The van der Waals surface area contributed by atoms with Gasteiger partial charge in [0.2, 0.25) is 11.9 Å². The van der Waals surface area contributed by atoms with Crippen LogP contribution in [0.5, 0.6) is 0 Å². The number of pyridine rings is 2. The van der Waals surface area contributed by atoms with E-state index in [0.29, 0.717) is 43.0 Å². The molecule has 0 bridgehead atoms. The number of halogens is 1. The van der Waals surface area contributed by atoms with E-state index >= 15 is 0 Å². The van der Waals surface area contributed by atoms with Gasteiger partial charge in [-0.2, -0.15) is 4.39 Å². The van der Waals surface area contributed by atoms with E-state index in [2.05, 4.69) is 15.3 Å². The zero-order valence-electron chi connectivity index (χ0n) is 13.9. The number of nitrogens with one attached hydrogen (secondary N) is 1. The monoisotopic (exact) mass is 359 g/mol. The minimum absolute atomic E-state index is 0.114. The van der Waals surface area contributed by atoms with Crippen molar-refractivity contribution in [1.29, 1.82) is 0 Å². The molecule has 1 aliphatic heterocycles. The molecule has 2 amide bonds. The predicted molar refractivity (Wildman–Crippen MR) is 92.3 cm³/mol. The number of rotatable bonds is 4. The molecule has 3 heterocycles. The second-order valence-electron chi connectivity index (χ2n) is 6.04. The first-order valence-electron chi connectivity index (χ1n) is 8.10. The number of carbonyl (C=O) groups is 2. The Hall–Kier alpha value is -3.23. The summed E-state index contributed by atoms with van der Waals surface area (Å²) >= 11 is 0. The third-order valence-corrected chi connectivity index (χ3v) is 4.27. The molecule has 136 valence electrons. The Morgan fingerprint density at radius 2 is 2.00 bits per heavy atom. The molecule has 0 aliphatic carbocycles. The summed E-state index contributed by atoms with van der Waals surface area (Å²) in [6.45, 7) is 1.15. The number of primary amides is 1. The summed E-state index contributed by atoms with van der Waals surface area (Å²) in [5.74, 6) is -0.704. The van der Waals surface area contributed by atoms with Crippen molar-refractivity contribution < 1.29 is 19.1 Å². The minimum atomic E-state index is -1.04. The molecule has 1 aliphatic rings. The van der Waals surface area contributed by atoms with Crippen molar-refractivity contribution in [3.63, 3.8) is 0 Å². The first kappa shape index (κ1) is 17.6. The van der Waals surface area contributed by atoms with Gasteiger partial charge in [0.15, 0.2) is 0 Å². The molecule has 0 aromatic carbocycles. The smallest absolute Gasteiger partial charge is 0.404 e. The number of anilines is 1. The van der Waals surface area contributed by atoms with E-state index in [0.717, 1.165) is 0 Å². The number of nitrogens with zero attached hydrogens (tertiary/aromatic N) is 3. The molecule has 1 fully saturated rings. The standard InChI is InChI=1S/C17H18FN5O3/c18-14-8-10(1-4-20-14)13-7-11(16(19)24)9-15(22-13)23-5-2-12(3-6-23)21-17(25)26/h1,4,7-9,12,21H,2-3,5-6H2,(H2,19,24)(H,25,26). The number of amides is 2. The Bertz CT molecular complexity index is 837. The fraction of sp³-hybridized carbons (Fsp3) is 0.294. The summed E-state index contributed by atoms with van der Waals surface area (Å²) in [6, 6.07) is 5.83. The molecule has 9 heteroatoms. The molecule has 2 aromatic heterocycles. The van der Waals surface area contributed by atoms with Gasteiger partial charge in [0.05, 0.1) is 5.69 Å². The maximum atomic E-state index is 13.4. The maximum absolute atomic E-state index is 13.4. The lowest BCUT2D eigenvalue weighted by Gasteiger charge is -2.33. The minimum Gasteiger partial charge on any atom is -0.465 e. The number of nitrogens with two attached hydrogens (primary N) is 1. The first-order valence-corrected chi connectivity index (χ1v) is 8.10. The normalized spacial score (nSPS) is 14.9. The summed E-state index contributed by atoms with van der Waals surface area (Å²) in [7, 11) is 0. The molecule has 4 N–H and O–H groups in total. The van der Waals surface area contributed by atoms with Crippen molar-refractivity contribution in [2.45, 2.75) is 18.9 Å². The second kappa shape index (κ2) is 7.34. The van der Waals surface area contributed by atoms with Crippen LogP contribution in [0.1, 0.15) is 23.2 Å². The van der Waals surface area contributed by atoms with Gasteiger partial charge in [0.1, 0.15) is 5.82 Å². The van der Waals surface area contributed by atoms with Crippen molar-refractivity contribution in [3.8, 4) is 11.3 Å². The van der Waals surface area contributed by atoms with Crippen LogP contribution in [0, 0.1) is 5.95 Å². The van der Waals surface area contributed by atoms with Crippen LogP contribution >= 0.6 is 0 Å². The molecule has 0 atom stereocenters. The van der Waals surface area contributed by atoms with Crippen molar-refractivity contribution in [2.24, 2.45) is 5.73 Å². The highest BCUT2D eigenvalue weighted by Crippen LogP contribution is 2.25. The van der Waals surface area contributed by atoms with Crippen molar-refractivity contribution in [1.82, 2.24) is 15.3 Å². The van der Waals surface area contributed by atoms with E-state index in [9.17, 15) is 14.0 Å². The number of carboxylic acid groups (broad SMARTS) is 1. The molecule has 0 unspecified atom stereocenters. The van der Waals surface area contributed by atoms with Crippen LogP contribution in [-0.2, 0) is 0 Å². The van der Waals surface area contributed by atoms with E-state index in [1.807, 2.05) is 4.90 Å². The van der Waals surface area contributed by atoms with Crippen molar-refractivity contribution >= 4 is 17.8 Å². The molecule has 1 saturated heterocycles. The number of aromatic nitrogens is 2. The van der Waals surface area contributed by atoms with E-state index in [-0.39, 0.29) is 11.6 Å². The average molecular weight is 359 g/mol. The third-order valence-electron chi connectivity index (χ3n) is 4.27. The van der Waals surface area contributed by atoms with Crippen LogP contribution in [0.2, 0.25) is 0 Å². The van der Waals surface area contributed by atoms with Gasteiger partial charge in [-0.3, -0.25) is 4.79 Å². The van der Waals surface area contributed by atoms with Crippen LogP contribution in [0.15, 0.2) is 30.5 Å². The Balaban J connectivity index is 1.88. The molecule has 8 nitrogen and oxygen atoms in total. The van der Waals surface area contributed by atoms with E-state index in [1.165, 1.54) is 18.3 Å². The maximum Gasteiger partial charge on any atom is 0.404 e. The molecular formula is C17H18FN5O3. The van der Waals surface area contributed by atoms with Crippen molar-refractivity contribution in [3.05, 3.63) is 42.0 Å². The number of carbonyl (C=O) groups excluding carboxylic acids is 1. The zero-order chi connectivity index (χ0) is 18.7. The van der Waals surface area contributed by atoms with Crippen molar-refractivity contribution in [2.75, 3.05) is 18.0 Å². The number of hydrogen-bond donors (Lipinski definition) is 3. The Morgan fingerprint density at radius 3 is 2.62 bits per heavy atom. The lowest BCUT2D eigenvalue weighted by atomic mass is 10.0. The lowest BCUT2D eigenvalue weighted by molar-refractivity contribution is 0.1000. The topological polar surface area (TPSA) is 121 Å². The first-order chi connectivity index (χ1) is 12.4. The molecule has 0 spiro atoms. The van der Waals surface area contributed by atoms with Gasteiger partial charge in [-0.1, -0.05) is 0 Å². The molecule has 26 heavy (non-hydrogen) atoms. The largest absolute Gasteiger partial charge is 0.465 e. The van der Waals surface area contributed by atoms with E-state index < -0.39 is 17.9 Å². The van der Waals surface area contributed by atoms with Gasteiger partial charge in [-0.15, -0.1) is 0 Å². The summed E-state index contributed by atoms with van der Waals surface area (Å²) in [5, 5.41) is 11.3. The zero-order valence-corrected chi connectivity index (χ0v) is 13.9. The Labute approximate surface area is 148 Å². The van der Waals surface area contributed by atoms with Crippen LogP contribution in [0.25, 0.3) is 11.3 Å².